The largest absolute Gasteiger partial charge is 0.383 e. The summed E-state index contributed by atoms with van der Waals surface area (Å²) >= 11 is 0. The zero-order valence-corrected chi connectivity index (χ0v) is 10.1. The molecule has 0 spiro atoms. The maximum absolute atomic E-state index is 5.23. The van der Waals surface area contributed by atoms with Gasteiger partial charge < -0.3 is 10.1 Å². The van der Waals surface area contributed by atoms with Crippen molar-refractivity contribution in [2.45, 2.75) is 26.8 Å². The molecule has 1 atom stereocenters. The first-order chi connectivity index (χ1) is 7.19. The first-order valence-electron chi connectivity index (χ1n) is 5.48. The highest BCUT2D eigenvalue weighted by Crippen LogP contribution is 2.19. The van der Waals surface area contributed by atoms with Gasteiger partial charge in [0.15, 0.2) is 0 Å². The first kappa shape index (κ1) is 12.2. The lowest BCUT2D eigenvalue weighted by molar-refractivity contribution is 0.167. The van der Waals surface area contributed by atoms with Gasteiger partial charge >= 0.3 is 0 Å². The Morgan fingerprint density at radius 1 is 1.33 bits per heavy atom. The molecule has 0 aliphatic rings. The smallest absolute Gasteiger partial charge is 0.0657 e. The minimum atomic E-state index is 0.306. The van der Waals surface area contributed by atoms with Gasteiger partial charge in [0.2, 0.25) is 0 Å². The predicted octanol–water partition coefficient (Wildman–Crippen LogP) is 2.60. The summed E-state index contributed by atoms with van der Waals surface area (Å²) < 4.78 is 5.23. The number of likely N-dealkylation sites (N-methyl/N-ethyl adjacent to an activating group) is 1. The monoisotopic (exact) mass is 207 g/mol. The molecule has 1 aromatic carbocycles. The molecule has 0 aliphatic carbocycles. The fraction of sp³-hybridized carbons (Fsp3) is 0.538. The fourth-order valence-corrected chi connectivity index (χ4v) is 1.89. The molecule has 1 rings (SSSR count). The number of hydrogen-bond acceptors (Lipinski definition) is 2. The molecule has 1 N–H and O–H groups in total. The maximum atomic E-state index is 5.23. The molecule has 0 aliphatic heterocycles. The second-order valence-electron chi connectivity index (χ2n) is 3.93. The predicted molar refractivity (Wildman–Crippen MR) is 64.2 cm³/mol. The van der Waals surface area contributed by atoms with Crippen LogP contribution in [0.4, 0.5) is 0 Å². The van der Waals surface area contributed by atoms with Crippen molar-refractivity contribution in [1.29, 1.82) is 0 Å². The maximum Gasteiger partial charge on any atom is 0.0657 e. The van der Waals surface area contributed by atoms with Gasteiger partial charge in [0, 0.05) is 7.11 Å². The van der Waals surface area contributed by atoms with Crippen molar-refractivity contribution in [2.75, 3.05) is 20.3 Å². The minimum Gasteiger partial charge on any atom is -0.383 e. The van der Waals surface area contributed by atoms with Crippen LogP contribution in [-0.2, 0) is 4.74 Å². The topological polar surface area (TPSA) is 21.3 Å². The Balaban J connectivity index is 2.89. The van der Waals surface area contributed by atoms with Crippen molar-refractivity contribution in [3.8, 4) is 0 Å². The first-order valence-corrected chi connectivity index (χ1v) is 5.48. The molecular weight excluding hydrogens is 186 g/mol. The van der Waals surface area contributed by atoms with Gasteiger partial charge in [-0.3, -0.25) is 0 Å². The molecule has 0 saturated carbocycles. The van der Waals surface area contributed by atoms with E-state index < -0.39 is 0 Å². The molecule has 84 valence electrons. The number of hydrogen-bond donors (Lipinski definition) is 1. The van der Waals surface area contributed by atoms with Crippen molar-refractivity contribution >= 4 is 0 Å². The van der Waals surface area contributed by atoms with Crippen LogP contribution in [-0.4, -0.2) is 20.3 Å². The summed E-state index contributed by atoms with van der Waals surface area (Å²) in [5.74, 6) is 0. The summed E-state index contributed by atoms with van der Waals surface area (Å²) in [6, 6.07) is 6.87. The Bertz CT molecular complexity index is 303. The molecule has 15 heavy (non-hydrogen) atoms. The van der Waals surface area contributed by atoms with Gasteiger partial charge in [0.25, 0.3) is 0 Å². The standard InChI is InChI=1S/C13H21NO/c1-5-14-13(9-15-4)12-7-6-10(2)8-11(12)3/h6-8,13-14H,5,9H2,1-4H3. The van der Waals surface area contributed by atoms with Crippen LogP contribution < -0.4 is 5.32 Å². The molecule has 0 amide bonds. The van der Waals surface area contributed by atoms with Crippen LogP contribution in [0.25, 0.3) is 0 Å². The minimum absolute atomic E-state index is 0.306. The van der Waals surface area contributed by atoms with E-state index >= 15 is 0 Å². The third-order valence-corrected chi connectivity index (χ3v) is 2.58. The average molecular weight is 207 g/mol. The van der Waals surface area contributed by atoms with Crippen molar-refractivity contribution in [2.24, 2.45) is 0 Å². The number of aryl methyl sites for hydroxylation is 2. The molecule has 2 heteroatoms. The van der Waals surface area contributed by atoms with Crippen molar-refractivity contribution in [3.63, 3.8) is 0 Å². The molecule has 2 nitrogen and oxygen atoms in total. The number of rotatable bonds is 5. The van der Waals surface area contributed by atoms with E-state index in [0.717, 1.165) is 13.2 Å². The molecule has 1 unspecified atom stereocenters. The number of benzene rings is 1. The summed E-state index contributed by atoms with van der Waals surface area (Å²) in [7, 11) is 1.74. The van der Waals surface area contributed by atoms with Crippen molar-refractivity contribution in [3.05, 3.63) is 34.9 Å². The van der Waals surface area contributed by atoms with Gasteiger partial charge in [0.1, 0.15) is 0 Å². The van der Waals surface area contributed by atoms with Crippen LogP contribution in [0.2, 0.25) is 0 Å². The van der Waals surface area contributed by atoms with E-state index in [4.69, 9.17) is 4.74 Å². The normalized spacial score (nSPS) is 12.8. The van der Waals surface area contributed by atoms with Gasteiger partial charge in [0.05, 0.1) is 12.6 Å². The highest BCUT2D eigenvalue weighted by Gasteiger charge is 2.11. The van der Waals surface area contributed by atoms with E-state index in [9.17, 15) is 0 Å². The number of nitrogens with one attached hydrogen (secondary N) is 1. The van der Waals surface area contributed by atoms with Gasteiger partial charge in [-0.15, -0.1) is 0 Å². The van der Waals surface area contributed by atoms with E-state index in [1.807, 2.05) is 0 Å². The van der Waals surface area contributed by atoms with E-state index in [1.165, 1.54) is 16.7 Å². The average Bonchev–Trinajstić information content (AvgIpc) is 2.17. The summed E-state index contributed by atoms with van der Waals surface area (Å²) in [4.78, 5) is 0. The molecule has 1 aromatic rings. The van der Waals surface area contributed by atoms with Gasteiger partial charge in [-0.2, -0.15) is 0 Å². The summed E-state index contributed by atoms with van der Waals surface area (Å²) in [6.07, 6.45) is 0. The summed E-state index contributed by atoms with van der Waals surface area (Å²) in [6.45, 7) is 8.07. The van der Waals surface area contributed by atoms with E-state index in [1.54, 1.807) is 7.11 Å². The Hall–Kier alpha value is -0.860. The molecular formula is C13H21NO. The molecule has 0 bridgehead atoms. The number of ether oxygens (including phenoxy) is 1. The van der Waals surface area contributed by atoms with Crippen LogP contribution in [0.5, 0.6) is 0 Å². The lowest BCUT2D eigenvalue weighted by Crippen LogP contribution is -2.25. The summed E-state index contributed by atoms with van der Waals surface area (Å²) in [5.41, 5.74) is 3.98. The zero-order valence-electron chi connectivity index (χ0n) is 10.1. The summed E-state index contributed by atoms with van der Waals surface area (Å²) in [5, 5.41) is 3.44. The van der Waals surface area contributed by atoms with Crippen LogP contribution in [0.1, 0.15) is 29.7 Å². The van der Waals surface area contributed by atoms with Gasteiger partial charge in [-0.25, -0.2) is 0 Å². The quantitative estimate of drug-likeness (QED) is 0.801. The lowest BCUT2D eigenvalue weighted by Gasteiger charge is -2.19. The lowest BCUT2D eigenvalue weighted by atomic mass is 9.99. The second-order valence-corrected chi connectivity index (χ2v) is 3.93. The van der Waals surface area contributed by atoms with E-state index in [2.05, 4.69) is 44.3 Å². The van der Waals surface area contributed by atoms with Crippen molar-refractivity contribution < 1.29 is 4.74 Å². The van der Waals surface area contributed by atoms with E-state index in [-0.39, 0.29) is 0 Å². The highest BCUT2D eigenvalue weighted by molar-refractivity contribution is 5.32. The molecule has 0 aromatic heterocycles. The van der Waals surface area contributed by atoms with Crippen LogP contribution in [0.15, 0.2) is 18.2 Å². The molecule has 0 radical (unpaired) electrons. The SMILES string of the molecule is CCNC(COC)c1ccc(C)cc1C. The van der Waals surface area contributed by atoms with Crippen molar-refractivity contribution in [1.82, 2.24) is 5.32 Å². The van der Waals surface area contributed by atoms with Crippen LogP contribution in [0.3, 0.4) is 0 Å². The molecule has 0 heterocycles. The highest BCUT2D eigenvalue weighted by atomic mass is 16.5. The van der Waals surface area contributed by atoms with Crippen LogP contribution in [0, 0.1) is 13.8 Å². The zero-order chi connectivity index (χ0) is 11.3. The van der Waals surface area contributed by atoms with E-state index in [0.29, 0.717) is 6.04 Å². The Morgan fingerprint density at radius 3 is 2.60 bits per heavy atom. The van der Waals surface area contributed by atoms with Crippen LogP contribution >= 0.6 is 0 Å². The Labute approximate surface area is 92.6 Å². The Kier molecular flexibility index (Phi) is 4.79. The molecule has 0 saturated heterocycles. The molecule has 0 fully saturated rings. The fourth-order valence-electron chi connectivity index (χ4n) is 1.89. The second kappa shape index (κ2) is 5.89. The Morgan fingerprint density at radius 2 is 2.07 bits per heavy atom. The third kappa shape index (κ3) is 3.33. The van der Waals surface area contributed by atoms with Gasteiger partial charge in [-0.1, -0.05) is 30.7 Å². The van der Waals surface area contributed by atoms with Gasteiger partial charge in [-0.05, 0) is 31.5 Å². The third-order valence-electron chi connectivity index (χ3n) is 2.58. The number of methoxy groups -OCH3 is 1.